The third-order valence-electron chi connectivity index (χ3n) is 3.08. The third-order valence-corrected chi connectivity index (χ3v) is 3.08. The van der Waals surface area contributed by atoms with Crippen molar-refractivity contribution in [3.05, 3.63) is 58.7 Å². The van der Waals surface area contributed by atoms with E-state index in [0.29, 0.717) is 12.2 Å². The number of rotatable bonds is 3. The van der Waals surface area contributed by atoms with Gasteiger partial charge in [0.05, 0.1) is 11.6 Å². The quantitative estimate of drug-likeness (QED) is 0.852. The van der Waals surface area contributed by atoms with Crippen molar-refractivity contribution in [2.75, 3.05) is 5.73 Å². The molecule has 0 heterocycles. The molecule has 3 heteroatoms. The van der Waals surface area contributed by atoms with Gasteiger partial charge in [0.2, 0.25) is 0 Å². The van der Waals surface area contributed by atoms with Gasteiger partial charge in [-0.25, -0.2) is 0 Å². The average molecular weight is 252 g/mol. The molecule has 0 radical (unpaired) electrons. The van der Waals surface area contributed by atoms with Crippen LogP contribution in [0.15, 0.2) is 36.4 Å². The van der Waals surface area contributed by atoms with Crippen molar-refractivity contribution in [1.82, 2.24) is 0 Å². The van der Waals surface area contributed by atoms with Crippen molar-refractivity contribution < 1.29 is 4.74 Å². The highest BCUT2D eigenvalue weighted by Gasteiger charge is 2.07. The molecule has 0 aliphatic rings. The van der Waals surface area contributed by atoms with Crippen molar-refractivity contribution in [3.8, 4) is 11.8 Å². The van der Waals surface area contributed by atoms with Crippen LogP contribution in [0.4, 0.5) is 5.69 Å². The van der Waals surface area contributed by atoms with Gasteiger partial charge >= 0.3 is 0 Å². The van der Waals surface area contributed by atoms with Gasteiger partial charge in [0.1, 0.15) is 12.4 Å². The fourth-order valence-corrected chi connectivity index (χ4v) is 1.95. The van der Waals surface area contributed by atoms with E-state index in [9.17, 15) is 0 Å². The van der Waals surface area contributed by atoms with Gasteiger partial charge in [-0.05, 0) is 43.2 Å². The lowest BCUT2D eigenvalue weighted by Crippen LogP contribution is -2.01. The Kier molecular flexibility index (Phi) is 3.72. The number of hydrogen-bond donors (Lipinski definition) is 1. The minimum atomic E-state index is 0.431. The van der Waals surface area contributed by atoms with Crippen LogP contribution in [0.1, 0.15) is 22.3 Å². The molecule has 2 aromatic rings. The van der Waals surface area contributed by atoms with E-state index in [1.54, 1.807) is 6.07 Å². The lowest BCUT2D eigenvalue weighted by molar-refractivity contribution is 0.302. The fraction of sp³-hybridized carbons (Fsp3) is 0.188. The molecule has 0 fully saturated rings. The van der Waals surface area contributed by atoms with Gasteiger partial charge in [0.15, 0.2) is 0 Å². The maximum atomic E-state index is 8.86. The molecule has 0 saturated heterocycles. The van der Waals surface area contributed by atoms with E-state index in [2.05, 4.69) is 6.07 Å². The third kappa shape index (κ3) is 2.86. The largest absolute Gasteiger partial charge is 0.488 e. The zero-order chi connectivity index (χ0) is 13.8. The summed E-state index contributed by atoms with van der Waals surface area (Å²) in [7, 11) is 0. The molecule has 0 atom stereocenters. The molecule has 2 rings (SSSR count). The Hall–Kier alpha value is -2.47. The van der Waals surface area contributed by atoms with Gasteiger partial charge in [0.25, 0.3) is 0 Å². The van der Waals surface area contributed by atoms with Crippen molar-refractivity contribution in [2.24, 2.45) is 0 Å². The first-order valence-electron chi connectivity index (χ1n) is 6.09. The number of benzene rings is 2. The lowest BCUT2D eigenvalue weighted by atomic mass is 10.1. The molecule has 0 aliphatic carbocycles. The van der Waals surface area contributed by atoms with Gasteiger partial charge < -0.3 is 10.5 Å². The summed E-state index contributed by atoms with van der Waals surface area (Å²) < 4.78 is 5.84. The predicted octanol–water partition coefficient (Wildman–Crippen LogP) is 3.34. The van der Waals surface area contributed by atoms with E-state index in [0.717, 1.165) is 28.1 Å². The van der Waals surface area contributed by atoms with Crippen LogP contribution in [-0.2, 0) is 6.61 Å². The number of ether oxygens (including phenoxy) is 1. The van der Waals surface area contributed by atoms with Crippen molar-refractivity contribution in [2.45, 2.75) is 20.5 Å². The van der Waals surface area contributed by atoms with E-state index in [-0.39, 0.29) is 0 Å². The summed E-state index contributed by atoms with van der Waals surface area (Å²) in [6, 6.07) is 13.4. The standard InChI is InChI=1S/C16H16N2O/c1-11-6-7-15(18)12(2)16(11)19-10-14-5-3-4-13(8-14)9-17/h3-8H,10,18H2,1-2H3. The second-order valence-corrected chi connectivity index (χ2v) is 4.53. The van der Waals surface area contributed by atoms with Gasteiger partial charge in [-0.15, -0.1) is 0 Å². The SMILES string of the molecule is Cc1ccc(N)c(C)c1OCc1cccc(C#N)c1. The number of nitriles is 1. The minimum Gasteiger partial charge on any atom is -0.488 e. The summed E-state index contributed by atoms with van der Waals surface area (Å²) in [5, 5.41) is 8.86. The normalized spacial score (nSPS) is 9.95. The first-order valence-corrected chi connectivity index (χ1v) is 6.09. The molecule has 2 aromatic carbocycles. The molecule has 0 bridgehead atoms. The van der Waals surface area contributed by atoms with E-state index in [1.807, 2.05) is 44.2 Å². The summed E-state index contributed by atoms with van der Waals surface area (Å²) in [5.74, 6) is 0.822. The predicted molar refractivity (Wildman–Crippen MR) is 75.8 cm³/mol. The molecule has 0 spiro atoms. The van der Waals surface area contributed by atoms with Crippen LogP contribution >= 0.6 is 0 Å². The molecule has 0 aliphatic heterocycles. The summed E-state index contributed by atoms with van der Waals surface area (Å²) in [5.41, 5.74) is 10.2. The zero-order valence-electron chi connectivity index (χ0n) is 11.1. The first-order chi connectivity index (χ1) is 9.11. The number of nitrogens with two attached hydrogens (primary N) is 1. The minimum absolute atomic E-state index is 0.431. The molecule has 2 N–H and O–H groups in total. The topological polar surface area (TPSA) is 59.0 Å². The Morgan fingerprint density at radius 3 is 2.74 bits per heavy atom. The fourth-order valence-electron chi connectivity index (χ4n) is 1.95. The van der Waals surface area contributed by atoms with Gasteiger partial charge in [0, 0.05) is 11.3 Å². The highest BCUT2D eigenvalue weighted by Crippen LogP contribution is 2.28. The molecule has 0 aromatic heterocycles. The number of nitrogens with zero attached hydrogens (tertiary/aromatic N) is 1. The van der Waals surface area contributed by atoms with Crippen LogP contribution in [0.3, 0.4) is 0 Å². The summed E-state index contributed by atoms with van der Waals surface area (Å²) in [4.78, 5) is 0. The van der Waals surface area contributed by atoms with Crippen LogP contribution in [0.25, 0.3) is 0 Å². The first kappa shape index (κ1) is 13.0. The van der Waals surface area contributed by atoms with Crippen molar-refractivity contribution >= 4 is 5.69 Å². The van der Waals surface area contributed by atoms with Gasteiger partial charge in [-0.2, -0.15) is 5.26 Å². The van der Waals surface area contributed by atoms with Crippen LogP contribution in [-0.4, -0.2) is 0 Å². The highest BCUT2D eigenvalue weighted by atomic mass is 16.5. The van der Waals surface area contributed by atoms with Gasteiger partial charge in [-0.3, -0.25) is 0 Å². The molecule has 0 unspecified atom stereocenters. The van der Waals surface area contributed by atoms with Crippen LogP contribution in [0.2, 0.25) is 0 Å². The second-order valence-electron chi connectivity index (χ2n) is 4.53. The Balaban J connectivity index is 2.19. The number of anilines is 1. The number of aryl methyl sites for hydroxylation is 1. The van der Waals surface area contributed by atoms with E-state index in [4.69, 9.17) is 15.7 Å². The number of hydrogen-bond acceptors (Lipinski definition) is 3. The monoisotopic (exact) mass is 252 g/mol. The Morgan fingerprint density at radius 1 is 1.21 bits per heavy atom. The van der Waals surface area contributed by atoms with E-state index >= 15 is 0 Å². The maximum Gasteiger partial charge on any atom is 0.127 e. The maximum absolute atomic E-state index is 8.86. The van der Waals surface area contributed by atoms with Crippen LogP contribution in [0.5, 0.6) is 5.75 Å². The van der Waals surface area contributed by atoms with E-state index in [1.165, 1.54) is 0 Å². The highest BCUT2D eigenvalue weighted by molar-refractivity contribution is 5.56. The zero-order valence-corrected chi connectivity index (χ0v) is 11.1. The van der Waals surface area contributed by atoms with Crippen molar-refractivity contribution in [3.63, 3.8) is 0 Å². The Labute approximate surface area is 113 Å². The molecule has 0 amide bonds. The van der Waals surface area contributed by atoms with Crippen LogP contribution in [0, 0.1) is 25.2 Å². The molecule has 0 saturated carbocycles. The molecule has 3 nitrogen and oxygen atoms in total. The molecule has 19 heavy (non-hydrogen) atoms. The smallest absolute Gasteiger partial charge is 0.127 e. The summed E-state index contributed by atoms with van der Waals surface area (Å²) >= 11 is 0. The summed E-state index contributed by atoms with van der Waals surface area (Å²) in [6.45, 7) is 4.37. The van der Waals surface area contributed by atoms with Crippen molar-refractivity contribution in [1.29, 1.82) is 5.26 Å². The summed E-state index contributed by atoms with van der Waals surface area (Å²) in [6.07, 6.45) is 0. The van der Waals surface area contributed by atoms with Crippen LogP contribution < -0.4 is 10.5 Å². The Bertz CT molecular complexity index is 642. The molecular formula is C16H16N2O. The number of nitrogen functional groups attached to an aromatic ring is 1. The van der Waals surface area contributed by atoms with E-state index < -0.39 is 0 Å². The second kappa shape index (κ2) is 5.45. The lowest BCUT2D eigenvalue weighted by Gasteiger charge is -2.13. The van der Waals surface area contributed by atoms with Gasteiger partial charge in [-0.1, -0.05) is 18.2 Å². The molecule has 96 valence electrons. The molecular weight excluding hydrogens is 236 g/mol. The Morgan fingerprint density at radius 2 is 2.00 bits per heavy atom. The average Bonchev–Trinajstić information content (AvgIpc) is 2.43.